The van der Waals surface area contributed by atoms with E-state index in [1.54, 1.807) is 0 Å². The van der Waals surface area contributed by atoms with Gasteiger partial charge >= 0.3 is 0 Å². The standard InChI is InChI=1S/C17H24N2/c1-4-10-19-11-9-16(13-19)12-18-15(3)17-7-5-14(2)6-8-17/h5-9,11,13,15,18H,4,10,12H2,1-3H3/t15-/m1/s1. The predicted molar refractivity (Wildman–Crippen MR) is 81.2 cm³/mol. The molecule has 1 N–H and O–H groups in total. The summed E-state index contributed by atoms with van der Waals surface area (Å²) < 4.78 is 2.26. The number of hydrogen-bond acceptors (Lipinski definition) is 1. The lowest BCUT2D eigenvalue weighted by molar-refractivity contribution is 0.573. The summed E-state index contributed by atoms with van der Waals surface area (Å²) in [6, 6.07) is 11.3. The van der Waals surface area contributed by atoms with Crippen LogP contribution in [0.5, 0.6) is 0 Å². The molecule has 19 heavy (non-hydrogen) atoms. The summed E-state index contributed by atoms with van der Waals surface area (Å²) >= 11 is 0. The summed E-state index contributed by atoms with van der Waals surface area (Å²) in [4.78, 5) is 0. The Kier molecular flexibility index (Phi) is 4.80. The second kappa shape index (κ2) is 6.58. The van der Waals surface area contributed by atoms with E-state index >= 15 is 0 Å². The molecular formula is C17H24N2. The van der Waals surface area contributed by atoms with Gasteiger partial charge in [-0.2, -0.15) is 0 Å². The van der Waals surface area contributed by atoms with E-state index in [1.165, 1.54) is 23.1 Å². The van der Waals surface area contributed by atoms with E-state index in [1.807, 2.05) is 0 Å². The molecule has 0 unspecified atom stereocenters. The highest BCUT2D eigenvalue weighted by molar-refractivity contribution is 5.23. The van der Waals surface area contributed by atoms with Crippen molar-refractivity contribution in [2.24, 2.45) is 0 Å². The molecule has 0 fully saturated rings. The van der Waals surface area contributed by atoms with Crippen molar-refractivity contribution in [3.8, 4) is 0 Å². The SMILES string of the molecule is CCCn1ccc(CN[C@H](C)c2ccc(C)cc2)c1. The number of nitrogens with zero attached hydrogens (tertiary/aromatic N) is 1. The van der Waals surface area contributed by atoms with Crippen molar-refractivity contribution in [2.45, 2.75) is 46.3 Å². The molecule has 102 valence electrons. The predicted octanol–water partition coefficient (Wildman–Crippen LogP) is 4.06. The molecule has 2 nitrogen and oxygen atoms in total. The zero-order valence-electron chi connectivity index (χ0n) is 12.2. The van der Waals surface area contributed by atoms with Crippen LogP contribution in [0.1, 0.15) is 43.0 Å². The van der Waals surface area contributed by atoms with Crippen molar-refractivity contribution in [2.75, 3.05) is 0 Å². The first kappa shape index (κ1) is 13.9. The maximum atomic E-state index is 3.58. The zero-order valence-corrected chi connectivity index (χ0v) is 12.2. The average molecular weight is 256 g/mol. The van der Waals surface area contributed by atoms with Crippen LogP contribution in [0.15, 0.2) is 42.7 Å². The van der Waals surface area contributed by atoms with Crippen molar-refractivity contribution in [1.82, 2.24) is 9.88 Å². The Hall–Kier alpha value is -1.54. The Morgan fingerprint density at radius 1 is 1.16 bits per heavy atom. The van der Waals surface area contributed by atoms with E-state index < -0.39 is 0 Å². The fourth-order valence-electron chi connectivity index (χ4n) is 2.24. The van der Waals surface area contributed by atoms with Gasteiger partial charge in [0.15, 0.2) is 0 Å². The van der Waals surface area contributed by atoms with Gasteiger partial charge in [-0.05, 0) is 37.5 Å². The van der Waals surface area contributed by atoms with E-state index in [4.69, 9.17) is 0 Å². The molecule has 2 heteroatoms. The third-order valence-electron chi connectivity index (χ3n) is 3.48. The molecule has 2 aromatic rings. The van der Waals surface area contributed by atoms with Crippen LogP contribution in [0.25, 0.3) is 0 Å². The van der Waals surface area contributed by atoms with Crippen molar-refractivity contribution >= 4 is 0 Å². The quantitative estimate of drug-likeness (QED) is 0.825. The highest BCUT2D eigenvalue weighted by Crippen LogP contribution is 2.14. The summed E-state index contributed by atoms with van der Waals surface area (Å²) in [5.74, 6) is 0. The summed E-state index contributed by atoms with van der Waals surface area (Å²) in [6.45, 7) is 8.57. The Morgan fingerprint density at radius 3 is 2.58 bits per heavy atom. The molecule has 0 amide bonds. The molecule has 0 bridgehead atoms. The maximum absolute atomic E-state index is 3.58. The van der Waals surface area contributed by atoms with Crippen LogP contribution >= 0.6 is 0 Å². The molecular weight excluding hydrogens is 232 g/mol. The van der Waals surface area contributed by atoms with Gasteiger partial charge in [-0.1, -0.05) is 36.8 Å². The van der Waals surface area contributed by atoms with Gasteiger partial charge in [0.2, 0.25) is 0 Å². The van der Waals surface area contributed by atoms with Gasteiger partial charge in [-0.3, -0.25) is 0 Å². The van der Waals surface area contributed by atoms with Gasteiger partial charge in [0, 0.05) is 31.5 Å². The van der Waals surface area contributed by atoms with Crippen LogP contribution in [-0.2, 0) is 13.1 Å². The Bertz CT molecular complexity index is 496. The van der Waals surface area contributed by atoms with Gasteiger partial charge in [0.05, 0.1) is 0 Å². The van der Waals surface area contributed by atoms with Crippen molar-refractivity contribution in [3.63, 3.8) is 0 Å². The third kappa shape index (κ3) is 3.97. The Morgan fingerprint density at radius 2 is 1.89 bits per heavy atom. The van der Waals surface area contributed by atoms with E-state index in [0.717, 1.165) is 13.1 Å². The largest absolute Gasteiger partial charge is 0.354 e. The lowest BCUT2D eigenvalue weighted by atomic mass is 10.1. The normalized spacial score (nSPS) is 12.6. The van der Waals surface area contributed by atoms with Gasteiger partial charge in [0.25, 0.3) is 0 Å². The fraction of sp³-hybridized carbons (Fsp3) is 0.412. The molecule has 0 saturated heterocycles. The molecule has 0 spiro atoms. The molecule has 1 aromatic heterocycles. The van der Waals surface area contributed by atoms with Gasteiger partial charge in [-0.25, -0.2) is 0 Å². The van der Waals surface area contributed by atoms with E-state index in [2.05, 4.69) is 73.4 Å². The van der Waals surface area contributed by atoms with Crippen LogP contribution in [0.2, 0.25) is 0 Å². The maximum Gasteiger partial charge on any atom is 0.0294 e. The zero-order chi connectivity index (χ0) is 13.7. The van der Waals surface area contributed by atoms with Crippen LogP contribution < -0.4 is 5.32 Å². The van der Waals surface area contributed by atoms with Crippen LogP contribution in [0, 0.1) is 6.92 Å². The molecule has 1 aromatic carbocycles. The number of nitrogens with one attached hydrogen (secondary N) is 1. The van der Waals surface area contributed by atoms with E-state index in [-0.39, 0.29) is 0 Å². The van der Waals surface area contributed by atoms with Gasteiger partial charge in [0.1, 0.15) is 0 Å². The average Bonchev–Trinajstić information content (AvgIpc) is 2.85. The summed E-state index contributed by atoms with van der Waals surface area (Å²) in [7, 11) is 0. The number of aryl methyl sites for hydroxylation is 2. The molecule has 0 aliphatic carbocycles. The van der Waals surface area contributed by atoms with Gasteiger partial charge in [-0.15, -0.1) is 0 Å². The monoisotopic (exact) mass is 256 g/mol. The summed E-state index contributed by atoms with van der Waals surface area (Å²) in [5.41, 5.74) is 4.01. The molecule has 0 aliphatic heterocycles. The summed E-state index contributed by atoms with van der Waals surface area (Å²) in [6.07, 6.45) is 5.58. The lowest BCUT2D eigenvalue weighted by Gasteiger charge is -2.14. The molecule has 1 atom stereocenters. The number of aromatic nitrogens is 1. The fourth-order valence-corrected chi connectivity index (χ4v) is 2.24. The molecule has 0 saturated carbocycles. The van der Waals surface area contributed by atoms with Gasteiger partial charge < -0.3 is 9.88 Å². The first-order valence-electron chi connectivity index (χ1n) is 7.13. The minimum Gasteiger partial charge on any atom is -0.354 e. The van der Waals surface area contributed by atoms with E-state index in [9.17, 15) is 0 Å². The first-order valence-corrected chi connectivity index (χ1v) is 7.13. The highest BCUT2D eigenvalue weighted by atomic mass is 14.9. The minimum atomic E-state index is 0.384. The first-order chi connectivity index (χ1) is 9.19. The second-order valence-corrected chi connectivity index (χ2v) is 5.27. The van der Waals surface area contributed by atoms with Crippen molar-refractivity contribution in [1.29, 1.82) is 0 Å². The topological polar surface area (TPSA) is 17.0 Å². The highest BCUT2D eigenvalue weighted by Gasteiger charge is 2.05. The number of rotatable bonds is 6. The van der Waals surface area contributed by atoms with Crippen LogP contribution in [0.3, 0.4) is 0 Å². The van der Waals surface area contributed by atoms with Crippen LogP contribution in [-0.4, -0.2) is 4.57 Å². The molecule has 0 radical (unpaired) electrons. The third-order valence-corrected chi connectivity index (χ3v) is 3.48. The second-order valence-electron chi connectivity index (χ2n) is 5.27. The molecule has 1 heterocycles. The Labute approximate surface area is 116 Å². The van der Waals surface area contributed by atoms with Crippen molar-refractivity contribution in [3.05, 3.63) is 59.4 Å². The number of benzene rings is 1. The van der Waals surface area contributed by atoms with E-state index in [0.29, 0.717) is 6.04 Å². The molecule has 2 rings (SSSR count). The van der Waals surface area contributed by atoms with Crippen LogP contribution in [0.4, 0.5) is 0 Å². The number of hydrogen-bond donors (Lipinski definition) is 1. The minimum absolute atomic E-state index is 0.384. The smallest absolute Gasteiger partial charge is 0.0294 e. The lowest BCUT2D eigenvalue weighted by Crippen LogP contribution is -2.17. The molecule has 0 aliphatic rings. The summed E-state index contributed by atoms with van der Waals surface area (Å²) in [5, 5.41) is 3.58. The Balaban J connectivity index is 1.88. The van der Waals surface area contributed by atoms with Crippen molar-refractivity contribution < 1.29 is 0 Å².